The molecule has 0 aliphatic rings. The van der Waals surface area contributed by atoms with Gasteiger partial charge in [-0.05, 0) is 29.8 Å². The Labute approximate surface area is 144 Å². The van der Waals surface area contributed by atoms with Crippen molar-refractivity contribution in [2.45, 2.75) is 6.92 Å². The molecule has 4 heteroatoms. The van der Waals surface area contributed by atoms with E-state index in [1.165, 1.54) is 16.9 Å². The predicted octanol–water partition coefficient (Wildman–Crippen LogP) is 5.72. The van der Waals surface area contributed by atoms with Gasteiger partial charge < -0.3 is 10.4 Å². The normalized spacial score (nSPS) is 10.9. The van der Waals surface area contributed by atoms with Crippen molar-refractivity contribution in [3.8, 4) is 17.0 Å². The first-order valence-corrected chi connectivity index (χ1v) is 8.58. The molecule has 118 valence electrons. The van der Waals surface area contributed by atoms with Gasteiger partial charge in [-0.3, -0.25) is 0 Å². The molecule has 0 aliphatic heterocycles. The summed E-state index contributed by atoms with van der Waals surface area (Å²) in [7, 11) is 0. The van der Waals surface area contributed by atoms with E-state index in [2.05, 4.69) is 41.5 Å². The summed E-state index contributed by atoms with van der Waals surface area (Å²) in [5.74, 6) is 0.223. The maximum atomic E-state index is 10.2. The molecule has 1 aromatic heterocycles. The van der Waals surface area contributed by atoms with Crippen LogP contribution in [-0.2, 0) is 0 Å². The van der Waals surface area contributed by atoms with E-state index in [1.54, 1.807) is 6.07 Å². The van der Waals surface area contributed by atoms with E-state index in [0.29, 0.717) is 5.69 Å². The minimum atomic E-state index is 0.223. The van der Waals surface area contributed by atoms with Crippen LogP contribution in [0.3, 0.4) is 0 Å². The Morgan fingerprint density at radius 3 is 2.42 bits per heavy atom. The molecule has 0 amide bonds. The fourth-order valence-corrected chi connectivity index (χ4v) is 3.36. The Balaban J connectivity index is 1.64. The number of hydrogen-bond donors (Lipinski definition) is 2. The number of hydrogen-bond acceptors (Lipinski definition) is 4. The van der Waals surface area contributed by atoms with E-state index >= 15 is 0 Å². The monoisotopic (exact) mass is 332 g/mol. The van der Waals surface area contributed by atoms with Crippen LogP contribution in [0.1, 0.15) is 5.56 Å². The molecule has 2 N–H and O–H groups in total. The highest BCUT2D eigenvalue weighted by molar-refractivity contribution is 7.14. The Kier molecular flexibility index (Phi) is 3.67. The Bertz CT molecular complexity index is 1010. The zero-order chi connectivity index (χ0) is 16.5. The second-order valence-electron chi connectivity index (χ2n) is 5.75. The van der Waals surface area contributed by atoms with Crippen molar-refractivity contribution < 1.29 is 5.11 Å². The Morgan fingerprint density at radius 1 is 0.958 bits per heavy atom. The molecule has 1 heterocycles. The van der Waals surface area contributed by atoms with E-state index in [-0.39, 0.29) is 5.75 Å². The van der Waals surface area contributed by atoms with E-state index in [9.17, 15) is 5.11 Å². The van der Waals surface area contributed by atoms with Gasteiger partial charge in [0.05, 0.1) is 11.4 Å². The van der Waals surface area contributed by atoms with Gasteiger partial charge in [0.15, 0.2) is 5.13 Å². The number of benzene rings is 3. The van der Waals surface area contributed by atoms with Gasteiger partial charge in [-0.1, -0.05) is 54.1 Å². The molecule has 0 radical (unpaired) electrons. The van der Waals surface area contributed by atoms with Crippen molar-refractivity contribution in [3.05, 3.63) is 71.6 Å². The number of aryl methyl sites for hydroxylation is 1. The number of aromatic hydroxyl groups is 1. The van der Waals surface area contributed by atoms with Crippen molar-refractivity contribution in [2.75, 3.05) is 5.32 Å². The van der Waals surface area contributed by atoms with Gasteiger partial charge >= 0.3 is 0 Å². The van der Waals surface area contributed by atoms with E-state index < -0.39 is 0 Å². The van der Waals surface area contributed by atoms with Crippen LogP contribution >= 0.6 is 11.3 Å². The van der Waals surface area contributed by atoms with Crippen LogP contribution in [0.5, 0.6) is 5.75 Å². The molecular weight excluding hydrogens is 316 g/mol. The van der Waals surface area contributed by atoms with Crippen molar-refractivity contribution in [1.82, 2.24) is 4.98 Å². The van der Waals surface area contributed by atoms with E-state index in [4.69, 9.17) is 0 Å². The number of fused-ring (bicyclic) bond motifs is 1. The molecule has 0 unspecified atom stereocenters. The molecule has 24 heavy (non-hydrogen) atoms. The van der Waals surface area contributed by atoms with Gasteiger partial charge in [-0.15, -0.1) is 11.3 Å². The third-order valence-electron chi connectivity index (χ3n) is 3.96. The highest BCUT2D eigenvalue weighted by atomic mass is 32.1. The van der Waals surface area contributed by atoms with Gasteiger partial charge in [0, 0.05) is 10.9 Å². The molecule has 0 saturated carbocycles. The first-order valence-electron chi connectivity index (χ1n) is 7.70. The van der Waals surface area contributed by atoms with Gasteiger partial charge in [-0.2, -0.15) is 0 Å². The number of thiazole rings is 1. The third kappa shape index (κ3) is 2.84. The zero-order valence-corrected chi connectivity index (χ0v) is 14.0. The van der Waals surface area contributed by atoms with Gasteiger partial charge in [-0.25, -0.2) is 4.98 Å². The smallest absolute Gasteiger partial charge is 0.187 e. The molecule has 0 spiro atoms. The quantitative estimate of drug-likeness (QED) is 0.472. The molecule has 3 nitrogen and oxygen atoms in total. The van der Waals surface area contributed by atoms with Crippen LogP contribution < -0.4 is 5.32 Å². The molecule has 0 bridgehead atoms. The first kappa shape index (κ1) is 14.7. The first-order chi connectivity index (χ1) is 11.7. The summed E-state index contributed by atoms with van der Waals surface area (Å²) in [6.07, 6.45) is 0. The SMILES string of the molecule is Cc1ccc(-c2csc(Nc3cc4ccccc4cc3O)n2)cc1. The highest BCUT2D eigenvalue weighted by Crippen LogP contribution is 2.33. The second kappa shape index (κ2) is 5.98. The highest BCUT2D eigenvalue weighted by Gasteiger charge is 2.08. The van der Waals surface area contributed by atoms with Crippen molar-refractivity contribution >= 4 is 32.9 Å². The molecule has 4 aromatic rings. The number of phenols is 1. The van der Waals surface area contributed by atoms with Gasteiger partial charge in [0.1, 0.15) is 5.75 Å². The fraction of sp³-hybridized carbons (Fsp3) is 0.0500. The average molecular weight is 332 g/mol. The van der Waals surface area contributed by atoms with Crippen LogP contribution in [0.4, 0.5) is 10.8 Å². The van der Waals surface area contributed by atoms with Crippen LogP contribution in [0.25, 0.3) is 22.0 Å². The molecule has 0 saturated heterocycles. The molecule has 0 aliphatic carbocycles. The van der Waals surface area contributed by atoms with Crippen molar-refractivity contribution in [1.29, 1.82) is 0 Å². The lowest BCUT2D eigenvalue weighted by molar-refractivity contribution is 0.478. The summed E-state index contributed by atoms with van der Waals surface area (Å²) in [6.45, 7) is 2.07. The van der Waals surface area contributed by atoms with E-state index in [1.807, 2.05) is 35.7 Å². The Morgan fingerprint density at radius 2 is 1.67 bits per heavy atom. The van der Waals surface area contributed by atoms with Crippen molar-refractivity contribution in [2.24, 2.45) is 0 Å². The molecular formula is C20H16N2OS. The summed E-state index contributed by atoms with van der Waals surface area (Å²) in [6, 6.07) is 20.0. The zero-order valence-electron chi connectivity index (χ0n) is 13.2. The van der Waals surface area contributed by atoms with Crippen LogP contribution in [0, 0.1) is 6.92 Å². The van der Waals surface area contributed by atoms with Crippen LogP contribution in [0.2, 0.25) is 0 Å². The summed E-state index contributed by atoms with van der Waals surface area (Å²) in [5.41, 5.74) is 3.92. The largest absolute Gasteiger partial charge is 0.506 e. The summed E-state index contributed by atoms with van der Waals surface area (Å²) < 4.78 is 0. The van der Waals surface area contributed by atoms with E-state index in [0.717, 1.165) is 27.2 Å². The lowest BCUT2D eigenvalue weighted by Crippen LogP contribution is -1.90. The second-order valence-corrected chi connectivity index (χ2v) is 6.60. The Hall–Kier alpha value is -2.85. The van der Waals surface area contributed by atoms with Crippen LogP contribution in [-0.4, -0.2) is 10.1 Å². The molecule has 4 rings (SSSR count). The summed E-state index contributed by atoms with van der Waals surface area (Å²) >= 11 is 1.52. The van der Waals surface area contributed by atoms with Crippen LogP contribution in [0.15, 0.2) is 66.0 Å². The van der Waals surface area contributed by atoms with Crippen molar-refractivity contribution in [3.63, 3.8) is 0 Å². The minimum Gasteiger partial charge on any atom is -0.506 e. The minimum absolute atomic E-state index is 0.223. The lowest BCUT2D eigenvalue weighted by Gasteiger charge is -2.07. The van der Waals surface area contributed by atoms with Gasteiger partial charge in [0.2, 0.25) is 0 Å². The maximum Gasteiger partial charge on any atom is 0.187 e. The number of rotatable bonds is 3. The number of aromatic nitrogens is 1. The predicted molar refractivity (Wildman–Crippen MR) is 101 cm³/mol. The number of nitrogens with one attached hydrogen (secondary N) is 1. The number of nitrogens with zero attached hydrogens (tertiary/aromatic N) is 1. The summed E-state index contributed by atoms with van der Waals surface area (Å²) in [5, 5.41) is 18.3. The molecule has 0 atom stereocenters. The molecule has 3 aromatic carbocycles. The topological polar surface area (TPSA) is 45.1 Å². The standard InChI is InChI=1S/C20H16N2OS/c1-13-6-8-14(9-7-13)18-12-24-20(22-18)21-17-10-15-4-2-3-5-16(15)11-19(17)23/h2-12,23H,1H3,(H,21,22). The fourth-order valence-electron chi connectivity index (χ4n) is 2.63. The van der Waals surface area contributed by atoms with Gasteiger partial charge in [0.25, 0.3) is 0 Å². The lowest BCUT2D eigenvalue weighted by atomic mass is 10.1. The third-order valence-corrected chi connectivity index (χ3v) is 4.71. The molecule has 0 fully saturated rings. The number of phenolic OH excluding ortho intramolecular Hbond substituents is 1. The summed E-state index contributed by atoms with van der Waals surface area (Å²) in [4.78, 5) is 4.62. The number of anilines is 2. The maximum absolute atomic E-state index is 10.2. The average Bonchev–Trinajstić information content (AvgIpc) is 3.05.